The Hall–Kier alpha value is -6.98. The van der Waals surface area contributed by atoms with Crippen molar-refractivity contribution >= 4 is 98.3 Å². The van der Waals surface area contributed by atoms with Crippen molar-refractivity contribution in [2.24, 2.45) is 0 Å². The van der Waals surface area contributed by atoms with Gasteiger partial charge in [-0.1, -0.05) is 91.0 Å². The van der Waals surface area contributed by atoms with Gasteiger partial charge in [-0.15, -0.1) is 0 Å². The van der Waals surface area contributed by atoms with Crippen LogP contribution in [0.5, 0.6) is 0 Å². The highest BCUT2D eigenvalue weighted by molar-refractivity contribution is 6.40. The van der Waals surface area contributed by atoms with Gasteiger partial charge in [-0.3, -0.25) is 4.57 Å². The third-order valence-electron chi connectivity index (χ3n) is 11.1. The van der Waals surface area contributed by atoms with Gasteiger partial charge in [0.2, 0.25) is 0 Å². The number of rotatable bonds is 2. The van der Waals surface area contributed by atoms with Crippen molar-refractivity contribution in [3.05, 3.63) is 140 Å². The molecular weight excluding hydrogens is 627 g/mol. The highest BCUT2D eigenvalue weighted by atomic mass is 16.3. The van der Waals surface area contributed by atoms with Gasteiger partial charge in [-0.05, 0) is 75.6 Å². The maximum atomic E-state index is 6.72. The Kier molecular flexibility index (Phi) is 4.57. The minimum atomic E-state index is 0.779. The summed E-state index contributed by atoms with van der Waals surface area (Å²) in [4.78, 5) is 10.9. The van der Waals surface area contributed by atoms with E-state index in [1.165, 1.54) is 43.4 Å². The van der Waals surface area contributed by atoms with Crippen LogP contribution in [0.4, 0.5) is 0 Å². The van der Waals surface area contributed by atoms with Gasteiger partial charge in [0, 0.05) is 43.4 Å². The normalized spacial score (nSPS) is 12.7. The maximum absolute atomic E-state index is 6.72. The van der Waals surface area contributed by atoms with Crippen molar-refractivity contribution < 1.29 is 8.83 Å². The summed E-state index contributed by atoms with van der Waals surface area (Å²) in [6.45, 7) is 0. The summed E-state index contributed by atoms with van der Waals surface area (Å²) < 4.78 is 15.4. The van der Waals surface area contributed by atoms with E-state index in [0.717, 1.165) is 83.0 Å². The van der Waals surface area contributed by atoms with Crippen LogP contribution in [0.1, 0.15) is 0 Å². The highest BCUT2D eigenvalue weighted by Crippen LogP contribution is 2.53. The van der Waals surface area contributed by atoms with Crippen molar-refractivity contribution in [3.63, 3.8) is 0 Å². The number of furan rings is 2. The smallest absolute Gasteiger partial charge is 0.165 e. The number of para-hydroxylation sites is 3. The first-order valence-corrected chi connectivity index (χ1v) is 17.3. The fourth-order valence-electron chi connectivity index (χ4n) is 9.07. The van der Waals surface area contributed by atoms with Crippen LogP contribution in [-0.2, 0) is 0 Å². The van der Waals surface area contributed by atoms with Gasteiger partial charge >= 0.3 is 0 Å². The maximum Gasteiger partial charge on any atom is 0.165 e. The average Bonchev–Trinajstić information content (AvgIpc) is 3.82. The number of nitrogens with zero attached hydrogens (tertiary/aromatic N) is 3. The molecule has 0 saturated carbocycles. The van der Waals surface area contributed by atoms with Crippen molar-refractivity contribution in [1.29, 1.82) is 0 Å². The van der Waals surface area contributed by atoms with E-state index in [2.05, 4.69) is 102 Å². The van der Waals surface area contributed by atoms with Gasteiger partial charge in [0.05, 0.1) is 22.1 Å². The van der Waals surface area contributed by atoms with Crippen LogP contribution < -0.4 is 0 Å². The van der Waals surface area contributed by atoms with Crippen molar-refractivity contribution in [2.45, 2.75) is 0 Å². The molecule has 0 saturated heterocycles. The van der Waals surface area contributed by atoms with Crippen molar-refractivity contribution in [2.75, 3.05) is 0 Å². The van der Waals surface area contributed by atoms with Gasteiger partial charge in [-0.25, -0.2) is 9.97 Å². The Balaban J connectivity index is 1.27. The van der Waals surface area contributed by atoms with Gasteiger partial charge in [0.1, 0.15) is 28.0 Å². The number of hydrogen-bond donors (Lipinski definition) is 0. The first kappa shape index (κ1) is 26.0. The lowest BCUT2D eigenvalue weighted by Gasteiger charge is -2.15. The number of aromatic nitrogens is 3. The molecule has 5 nitrogen and oxygen atoms in total. The van der Waals surface area contributed by atoms with Gasteiger partial charge in [-0.2, -0.15) is 0 Å². The highest BCUT2D eigenvalue weighted by Gasteiger charge is 2.29. The molecule has 51 heavy (non-hydrogen) atoms. The van der Waals surface area contributed by atoms with Crippen molar-refractivity contribution in [3.8, 4) is 28.2 Å². The van der Waals surface area contributed by atoms with Gasteiger partial charge < -0.3 is 8.83 Å². The molecule has 0 N–H and O–H groups in total. The van der Waals surface area contributed by atoms with Crippen LogP contribution >= 0.6 is 0 Å². The molecule has 0 radical (unpaired) electrons. The van der Waals surface area contributed by atoms with Crippen molar-refractivity contribution in [1.82, 2.24) is 14.5 Å². The van der Waals surface area contributed by atoms with Crippen LogP contribution in [0.3, 0.4) is 0 Å². The molecule has 4 aromatic heterocycles. The lowest BCUT2D eigenvalue weighted by molar-refractivity contribution is 0.669. The van der Waals surface area contributed by atoms with Crippen LogP contribution in [0.25, 0.3) is 126 Å². The molecule has 0 aliphatic heterocycles. The lowest BCUT2D eigenvalue weighted by Crippen LogP contribution is -2.04. The summed E-state index contributed by atoms with van der Waals surface area (Å²) >= 11 is 0. The van der Waals surface area contributed by atoms with E-state index in [4.69, 9.17) is 18.8 Å². The Morgan fingerprint density at radius 2 is 1.08 bits per heavy atom. The standard InChI is InChI=1S/C46H23N3O2/c1-2-11-26-25(9-1)23-37-44-40(26)28-13-7-10-24-19-20-32-41(38(24)28)42-33(21-22-36(51-37)43(42)44)49(32)46-45(47-30-15-4-5-16-31(30)48-46)29-14-8-18-35-39(29)27-12-3-6-17-34(27)50-35/h1-23H. The summed E-state index contributed by atoms with van der Waals surface area (Å²) in [5.41, 5.74) is 11.5. The molecule has 0 spiro atoms. The molecule has 4 heterocycles. The third kappa shape index (κ3) is 3.13. The summed E-state index contributed by atoms with van der Waals surface area (Å²) in [5, 5.41) is 11.7. The predicted octanol–water partition coefficient (Wildman–Crippen LogP) is 12.5. The second-order valence-electron chi connectivity index (χ2n) is 13.6. The van der Waals surface area contributed by atoms with E-state index in [0.29, 0.717) is 0 Å². The van der Waals surface area contributed by atoms with Crippen LogP contribution in [0, 0.1) is 0 Å². The molecule has 1 aliphatic rings. The molecular formula is C46H23N3O2. The van der Waals surface area contributed by atoms with E-state index in [9.17, 15) is 0 Å². The van der Waals surface area contributed by atoms with Gasteiger partial charge in [0.15, 0.2) is 5.82 Å². The molecule has 0 bridgehead atoms. The summed E-state index contributed by atoms with van der Waals surface area (Å²) in [6.07, 6.45) is 0. The topological polar surface area (TPSA) is 57.0 Å². The van der Waals surface area contributed by atoms with E-state index in [1.807, 2.05) is 42.5 Å². The third-order valence-corrected chi connectivity index (χ3v) is 11.1. The molecule has 5 heteroatoms. The summed E-state index contributed by atoms with van der Waals surface area (Å²) in [7, 11) is 0. The predicted molar refractivity (Wildman–Crippen MR) is 208 cm³/mol. The zero-order valence-electron chi connectivity index (χ0n) is 26.9. The molecule has 0 amide bonds. The second kappa shape index (κ2) is 8.97. The average molecular weight is 650 g/mol. The number of hydrogen-bond acceptors (Lipinski definition) is 4. The Morgan fingerprint density at radius 3 is 2.00 bits per heavy atom. The molecule has 1 aliphatic carbocycles. The SMILES string of the molecule is c1ccc2c3c4c(cc2c1)oc1ccc2c(c14)c1c4c-3cccc4ccc1n2-c1nc2ccccc2nc1-c1cccc2oc3ccccc3c12. The largest absolute Gasteiger partial charge is 0.456 e. The molecule has 8 aromatic carbocycles. The van der Waals surface area contributed by atoms with E-state index in [1.54, 1.807) is 0 Å². The molecule has 0 atom stereocenters. The van der Waals surface area contributed by atoms with Crippen LogP contribution in [-0.4, -0.2) is 14.5 Å². The summed E-state index contributed by atoms with van der Waals surface area (Å²) in [5.74, 6) is 0.779. The Bertz CT molecular complexity index is 3550. The number of fused-ring (bicyclic) bond motifs is 7. The van der Waals surface area contributed by atoms with Gasteiger partial charge in [0.25, 0.3) is 0 Å². The van der Waals surface area contributed by atoms with Crippen LogP contribution in [0.15, 0.2) is 148 Å². The van der Waals surface area contributed by atoms with E-state index < -0.39 is 0 Å². The fraction of sp³-hybridized carbons (Fsp3) is 0. The second-order valence-corrected chi connectivity index (χ2v) is 13.6. The first-order chi connectivity index (χ1) is 25.3. The minimum absolute atomic E-state index is 0.779. The van der Waals surface area contributed by atoms with E-state index in [-0.39, 0.29) is 0 Å². The zero-order valence-corrected chi connectivity index (χ0v) is 26.9. The zero-order chi connectivity index (χ0) is 32.9. The Morgan fingerprint density at radius 1 is 0.412 bits per heavy atom. The molecule has 0 unspecified atom stereocenters. The first-order valence-electron chi connectivity index (χ1n) is 17.3. The molecule has 12 aromatic rings. The monoisotopic (exact) mass is 649 g/mol. The fourth-order valence-corrected chi connectivity index (χ4v) is 9.07. The molecule has 13 rings (SSSR count). The van der Waals surface area contributed by atoms with E-state index >= 15 is 0 Å². The minimum Gasteiger partial charge on any atom is -0.456 e. The van der Waals surface area contributed by atoms with Crippen LogP contribution in [0.2, 0.25) is 0 Å². The quantitative estimate of drug-likeness (QED) is 0.187. The Labute approximate surface area is 288 Å². The summed E-state index contributed by atoms with van der Waals surface area (Å²) in [6, 6.07) is 49.0. The molecule has 234 valence electrons. The lowest BCUT2D eigenvalue weighted by atomic mass is 9.91. The molecule has 0 fully saturated rings. The number of benzene rings is 8.